The summed E-state index contributed by atoms with van der Waals surface area (Å²) in [5.41, 5.74) is 3.08. The second kappa shape index (κ2) is 7.02. The van der Waals surface area contributed by atoms with Gasteiger partial charge < -0.3 is 10.1 Å². The van der Waals surface area contributed by atoms with Gasteiger partial charge in [0.05, 0.1) is 7.11 Å². The Kier molecular flexibility index (Phi) is 5.09. The summed E-state index contributed by atoms with van der Waals surface area (Å²) >= 11 is 0. The van der Waals surface area contributed by atoms with E-state index in [1.54, 1.807) is 13.3 Å². The fourth-order valence-electron chi connectivity index (χ4n) is 2.17. The lowest BCUT2D eigenvalue weighted by molar-refractivity contribution is 0.398. The maximum Gasteiger partial charge on any atom is 0.212 e. The highest BCUT2D eigenvalue weighted by Crippen LogP contribution is 2.23. The summed E-state index contributed by atoms with van der Waals surface area (Å²) in [6, 6.07) is 3.75. The lowest BCUT2D eigenvalue weighted by atomic mass is 10.1. The first-order chi connectivity index (χ1) is 10.2. The standard InChI is InChI=1S/C16H22N4O/c1-5-9-17-16-13(6-2)11(3)19-15(20-16)12-7-8-14(21-4)18-10-12/h7-8,10H,5-6,9H2,1-4H3,(H,17,19,20). The van der Waals surface area contributed by atoms with Gasteiger partial charge in [-0.2, -0.15) is 0 Å². The summed E-state index contributed by atoms with van der Waals surface area (Å²) in [7, 11) is 1.60. The third kappa shape index (κ3) is 3.48. The summed E-state index contributed by atoms with van der Waals surface area (Å²) in [4.78, 5) is 13.5. The molecular weight excluding hydrogens is 264 g/mol. The quantitative estimate of drug-likeness (QED) is 0.883. The first kappa shape index (κ1) is 15.2. The van der Waals surface area contributed by atoms with Crippen molar-refractivity contribution in [3.63, 3.8) is 0 Å². The summed E-state index contributed by atoms with van der Waals surface area (Å²) < 4.78 is 5.08. The van der Waals surface area contributed by atoms with Crippen LogP contribution in [0, 0.1) is 6.92 Å². The number of aryl methyl sites for hydroxylation is 1. The van der Waals surface area contributed by atoms with E-state index in [-0.39, 0.29) is 0 Å². The van der Waals surface area contributed by atoms with Gasteiger partial charge in [0.15, 0.2) is 5.82 Å². The van der Waals surface area contributed by atoms with Crippen LogP contribution in [0.25, 0.3) is 11.4 Å². The van der Waals surface area contributed by atoms with Gasteiger partial charge in [0.2, 0.25) is 5.88 Å². The average Bonchev–Trinajstić information content (AvgIpc) is 2.52. The minimum atomic E-state index is 0.588. The Morgan fingerprint density at radius 1 is 1.19 bits per heavy atom. The number of nitrogens with one attached hydrogen (secondary N) is 1. The van der Waals surface area contributed by atoms with E-state index in [1.165, 1.54) is 5.56 Å². The van der Waals surface area contributed by atoms with Gasteiger partial charge in [0.25, 0.3) is 0 Å². The molecule has 0 bridgehead atoms. The first-order valence-electron chi connectivity index (χ1n) is 7.31. The van der Waals surface area contributed by atoms with Crippen molar-refractivity contribution in [2.45, 2.75) is 33.6 Å². The third-order valence-corrected chi connectivity index (χ3v) is 3.31. The molecule has 0 aliphatic heterocycles. The molecule has 2 aromatic heterocycles. The van der Waals surface area contributed by atoms with Crippen LogP contribution in [0.1, 0.15) is 31.5 Å². The second-order valence-corrected chi connectivity index (χ2v) is 4.83. The minimum absolute atomic E-state index is 0.588. The van der Waals surface area contributed by atoms with Gasteiger partial charge >= 0.3 is 0 Å². The molecule has 1 N–H and O–H groups in total. The molecule has 0 saturated heterocycles. The Labute approximate surface area is 125 Å². The number of nitrogens with zero attached hydrogens (tertiary/aromatic N) is 3. The molecule has 2 heterocycles. The van der Waals surface area contributed by atoms with E-state index in [9.17, 15) is 0 Å². The zero-order chi connectivity index (χ0) is 15.2. The minimum Gasteiger partial charge on any atom is -0.481 e. The number of rotatable bonds is 6. The van der Waals surface area contributed by atoms with E-state index in [1.807, 2.05) is 19.1 Å². The molecule has 0 aromatic carbocycles. The molecule has 0 fully saturated rings. The maximum absolute atomic E-state index is 5.08. The summed E-state index contributed by atoms with van der Waals surface area (Å²) in [5.74, 6) is 2.21. The van der Waals surface area contributed by atoms with Gasteiger partial charge in [-0.3, -0.25) is 0 Å². The van der Waals surface area contributed by atoms with E-state index < -0.39 is 0 Å². The van der Waals surface area contributed by atoms with Crippen LogP contribution < -0.4 is 10.1 Å². The fourth-order valence-corrected chi connectivity index (χ4v) is 2.17. The van der Waals surface area contributed by atoms with Crippen LogP contribution in [0.2, 0.25) is 0 Å². The van der Waals surface area contributed by atoms with Crippen LogP contribution in [-0.2, 0) is 6.42 Å². The van der Waals surface area contributed by atoms with Gasteiger partial charge in [0.1, 0.15) is 5.82 Å². The molecule has 0 unspecified atom stereocenters. The zero-order valence-corrected chi connectivity index (χ0v) is 13.1. The van der Waals surface area contributed by atoms with E-state index in [2.05, 4.69) is 34.1 Å². The monoisotopic (exact) mass is 286 g/mol. The molecule has 0 radical (unpaired) electrons. The van der Waals surface area contributed by atoms with Gasteiger partial charge in [-0.05, 0) is 25.8 Å². The maximum atomic E-state index is 5.08. The first-order valence-corrected chi connectivity index (χ1v) is 7.31. The molecule has 0 aliphatic carbocycles. The van der Waals surface area contributed by atoms with Crippen molar-refractivity contribution >= 4 is 5.82 Å². The number of anilines is 1. The Balaban J connectivity index is 2.40. The Hall–Kier alpha value is -2.17. The highest BCUT2D eigenvalue weighted by molar-refractivity contribution is 5.59. The smallest absolute Gasteiger partial charge is 0.212 e. The average molecular weight is 286 g/mol. The van der Waals surface area contributed by atoms with E-state index in [0.717, 1.165) is 36.5 Å². The second-order valence-electron chi connectivity index (χ2n) is 4.83. The van der Waals surface area contributed by atoms with Crippen molar-refractivity contribution in [3.8, 4) is 17.3 Å². The normalized spacial score (nSPS) is 10.5. The Morgan fingerprint density at radius 2 is 2.00 bits per heavy atom. The van der Waals surface area contributed by atoms with Crippen LogP contribution >= 0.6 is 0 Å². The predicted molar refractivity (Wildman–Crippen MR) is 84.7 cm³/mol. The van der Waals surface area contributed by atoms with Crippen molar-refractivity contribution in [1.82, 2.24) is 15.0 Å². The molecule has 0 spiro atoms. The molecule has 0 aliphatic rings. The number of ether oxygens (including phenoxy) is 1. The van der Waals surface area contributed by atoms with Crippen molar-refractivity contribution in [3.05, 3.63) is 29.6 Å². The molecule has 21 heavy (non-hydrogen) atoms. The summed E-state index contributed by atoms with van der Waals surface area (Å²) in [6.07, 6.45) is 3.72. The SMILES string of the molecule is CCCNc1nc(-c2ccc(OC)nc2)nc(C)c1CC. The van der Waals surface area contributed by atoms with Crippen LogP contribution in [0.3, 0.4) is 0 Å². The number of methoxy groups -OCH3 is 1. The summed E-state index contributed by atoms with van der Waals surface area (Å²) in [5, 5.41) is 3.39. The van der Waals surface area contributed by atoms with Gasteiger partial charge in [0, 0.05) is 35.6 Å². The molecule has 0 saturated carbocycles. The number of hydrogen-bond donors (Lipinski definition) is 1. The predicted octanol–water partition coefficient (Wildman–Crippen LogP) is 3.24. The Bertz CT molecular complexity index is 596. The zero-order valence-electron chi connectivity index (χ0n) is 13.1. The van der Waals surface area contributed by atoms with Crippen LogP contribution in [-0.4, -0.2) is 28.6 Å². The molecule has 0 atom stereocenters. The number of pyridine rings is 1. The van der Waals surface area contributed by atoms with Crippen LogP contribution in [0.4, 0.5) is 5.82 Å². The summed E-state index contributed by atoms with van der Waals surface area (Å²) in [6.45, 7) is 7.19. The third-order valence-electron chi connectivity index (χ3n) is 3.31. The molecule has 2 aromatic rings. The highest BCUT2D eigenvalue weighted by Gasteiger charge is 2.11. The van der Waals surface area contributed by atoms with Crippen LogP contribution in [0.5, 0.6) is 5.88 Å². The van der Waals surface area contributed by atoms with Gasteiger partial charge in [-0.15, -0.1) is 0 Å². The highest BCUT2D eigenvalue weighted by atomic mass is 16.5. The molecule has 5 heteroatoms. The molecule has 5 nitrogen and oxygen atoms in total. The lowest BCUT2D eigenvalue weighted by Crippen LogP contribution is -2.09. The van der Waals surface area contributed by atoms with E-state index in [0.29, 0.717) is 11.7 Å². The van der Waals surface area contributed by atoms with Crippen molar-refractivity contribution in [2.75, 3.05) is 19.0 Å². The van der Waals surface area contributed by atoms with Crippen molar-refractivity contribution in [1.29, 1.82) is 0 Å². The van der Waals surface area contributed by atoms with Crippen molar-refractivity contribution < 1.29 is 4.74 Å². The fraction of sp³-hybridized carbons (Fsp3) is 0.438. The number of hydrogen-bond acceptors (Lipinski definition) is 5. The molecule has 0 amide bonds. The van der Waals surface area contributed by atoms with Crippen LogP contribution in [0.15, 0.2) is 18.3 Å². The molecule has 2 rings (SSSR count). The topological polar surface area (TPSA) is 59.9 Å². The van der Waals surface area contributed by atoms with E-state index >= 15 is 0 Å². The largest absolute Gasteiger partial charge is 0.481 e. The Morgan fingerprint density at radius 3 is 2.57 bits per heavy atom. The van der Waals surface area contributed by atoms with E-state index in [4.69, 9.17) is 4.74 Å². The molecular formula is C16H22N4O. The van der Waals surface area contributed by atoms with Crippen molar-refractivity contribution in [2.24, 2.45) is 0 Å². The van der Waals surface area contributed by atoms with Gasteiger partial charge in [-0.25, -0.2) is 15.0 Å². The molecule has 112 valence electrons. The number of aromatic nitrogens is 3. The lowest BCUT2D eigenvalue weighted by Gasteiger charge is -2.13. The van der Waals surface area contributed by atoms with Gasteiger partial charge in [-0.1, -0.05) is 13.8 Å².